The SMILES string of the molecule is COc1ccc(/C=C2\CCCCn3c2nc(=O)c2ccccc23)cc1. The van der Waals surface area contributed by atoms with E-state index in [1.54, 1.807) is 7.11 Å². The van der Waals surface area contributed by atoms with Crippen LogP contribution in [0.2, 0.25) is 0 Å². The van der Waals surface area contributed by atoms with Gasteiger partial charge in [-0.15, -0.1) is 0 Å². The number of hydrogen-bond donors (Lipinski definition) is 0. The number of ether oxygens (including phenoxy) is 1. The van der Waals surface area contributed by atoms with Crippen LogP contribution in [0.4, 0.5) is 0 Å². The summed E-state index contributed by atoms with van der Waals surface area (Å²) in [7, 11) is 1.66. The van der Waals surface area contributed by atoms with E-state index in [1.807, 2.05) is 48.5 Å². The van der Waals surface area contributed by atoms with Gasteiger partial charge < -0.3 is 9.30 Å². The summed E-state index contributed by atoms with van der Waals surface area (Å²) in [5.74, 6) is 1.64. The number of para-hydroxylation sites is 1. The summed E-state index contributed by atoms with van der Waals surface area (Å²) >= 11 is 0. The molecule has 4 nitrogen and oxygen atoms in total. The second-order valence-corrected chi connectivity index (χ2v) is 6.31. The number of fused-ring (bicyclic) bond motifs is 3. The fraction of sp³-hybridized carbons (Fsp3) is 0.238. The van der Waals surface area contributed by atoms with E-state index in [4.69, 9.17) is 4.74 Å². The number of nitrogens with zero attached hydrogens (tertiary/aromatic N) is 2. The smallest absolute Gasteiger partial charge is 0.281 e. The van der Waals surface area contributed by atoms with Crippen molar-refractivity contribution in [1.82, 2.24) is 9.55 Å². The fourth-order valence-electron chi connectivity index (χ4n) is 3.43. The Morgan fingerprint density at radius 1 is 1.08 bits per heavy atom. The van der Waals surface area contributed by atoms with Gasteiger partial charge in [0.05, 0.1) is 18.0 Å². The quantitative estimate of drug-likeness (QED) is 0.709. The lowest BCUT2D eigenvalue weighted by atomic mass is 10.1. The number of benzene rings is 2. The topological polar surface area (TPSA) is 44.1 Å². The number of allylic oxidation sites excluding steroid dienone is 1. The average Bonchev–Trinajstić information content (AvgIpc) is 2.85. The van der Waals surface area contributed by atoms with Crippen LogP contribution in [0.15, 0.2) is 53.3 Å². The van der Waals surface area contributed by atoms with Gasteiger partial charge in [-0.2, -0.15) is 4.98 Å². The Labute approximate surface area is 146 Å². The summed E-state index contributed by atoms with van der Waals surface area (Å²) in [5.41, 5.74) is 3.03. The van der Waals surface area contributed by atoms with E-state index in [0.717, 1.165) is 54.0 Å². The number of methoxy groups -OCH3 is 1. The molecule has 25 heavy (non-hydrogen) atoms. The largest absolute Gasteiger partial charge is 0.497 e. The zero-order valence-electron chi connectivity index (χ0n) is 14.2. The first kappa shape index (κ1) is 15.6. The molecule has 0 N–H and O–H groups in total. The van der Waals surface area contributed by atoms with E-state index in [0.29, 0.717) is 5.39 Å². The highest BCUT2D eigenvalue weighted by Crippen LogP contribution is 2.28. The lowest BCUT2D eigenvalue weighted by Gasteiger charge is -2.14. The summed E-state index contributed by atoms with van der Waals surface area (Å²) in [6.07, 6.45) is 5.24. The number of hydrogen-bond acceptors (Lipinski definition) is 3. The third-order valence-corrected chi connectivity index (χ3v) is 4.71. The van der Waals surface area contributed by atoms with Crippen molar-refractivity contribution in [2.24, 2.45) is 0 Å². The minimum Gasteiger partial charge on any atom is -0.497 e. The molecule has 0 unspecified atom stereocenters. The van der Waals surface area contributed by atoms with Gasteiger partial charge in [-0.25, -0.2) is 0 Å². The second-order valence-electron chi connectivity index (χ2n) is 6.31. The lowest BCUT2D eigenvalue weighted by Crippen LogP contribution is -2.17. The molecule has 0 aliphatic carbocycles. The Hall–Kier alpha value is -2.88. The Balaban J connectivity index is 1.88. The van der Waals surface area contributed by atoms with Crippen LogP contribution in [0.1, 0.15) is 30.7 Å². The van der Waals surface area contributed by atoms with E-state index in [1.165, 1.54) is 0 Å². The van der Waals surface area contributed by atoms with E-state index in [2.05, 4.69) is 15.6 Å². The molecule has 2 aromatic carbocycles. The second kappa shape index (κ2) is 6.55. The third kappa shape index (κ3) is 2.95. The van der Waals surface area contributed by atoms with Crippen LogP contribution >= 0.6 is 0 Å². The molecule has 0 bridgehead atoms. The monoisotopic (exact) mass is 332 g/mol. The first-order chi connectivity index (χ1) is 12.3. The van der Waals surface area contributed by atoms with Gasteiger partial charge in [0.1, 0.15) is 11.6 Å². The Morgan fingerprint density at radius 3 is 2.68 bits per heavy atom. The maximum absolute atomic E-state index is 12.5. The van der Waals surface area contributed by atoms with Crippen LogP contribution in [0.5, 0.6) is 5.75 Å². The molecule has 0 radical (unpaired) electrons. The highest BCUT2D eigenvalue weighted by Gasteiger charge is 2.17. The molecular formula is C21H20N2O2. The van der Waals surface area contributed by atoms with Gasteiger partial charge in [-0.3, -0.25) is 4.79 Å². The number of aromatic nitrogens is 2. The third-order valence-electron chi connectivity index (χ3n) is 4.71. The van der Waals surface area contributed by atoms with E-state index in [-0.39, 0.29) is 5.56 Å². The minimum atomic E-state index is -0.149. The first-order valence-electron chi connectivity index (χ1n) is 8.61. The van der Waals surface area contributed by atoms with Crippen molar-refractivity contribution in [3.63, 3.8) is 0 Å². The fourth-order valence-corrected chi connectivity index (χ4v) is 3.43. The number of rotatable bonds is 2. The molecule has 0 atom stereocenters. The normalized spacial score (nSPS) is 15.8. The van der Waals surface area contributed by atoms with Crippen LogP contribution in [0.3, 0.4) is 0 Å². The summed E-state index contributed by atoms with van der Waals surface area (Å²) in [6, 6.07) is 15.7. The van der Waals surface area contributed by atoms with Crippen LogP contribution in [0.25, 0.3) is 22.6 Å². The van der Waals surface area contributed by atoms with E-state index >= 15 is 0 Å². The summed E-state index contributed by atoms with van der Waals surface area (Å²) in [6.45, 7) is 0.892. The van der Waals surface area contributed by atoms with Gasteiger partial charge >= 0.3 is 0 Å². The van der Waals surface area contributed by atoms with Gasteiger partial charge in [0, 0.05) is 6.54 Å². The van der Waals surface area contributed by atoms with Gasteiger partial charge in [-0.1, -0.05) is 24.3 Å². The van der Waals surface area contributed by atoms with Crippen molar-refractivity contribution in [3.8, 4) is 5.75 Å². The average molecular weight is 332 g/mol. The van der Waals surface area contributed by atoms with Crippen molar-refractivity contribution in [3.05, 3.63) is 70.3 Å². The Kier molecular flexibility index (Phi) is 4.10. The van der Waals surface area contributed by atoms with Crippen LogP contribution < -0.4 is 10.3 Å². The maximum atomic E-state index is 12.5. The standard InChI is InChI=1S/C21H20N2O2/c1-25-17-11-9-15(10-12-17)14-16-6-4-5-13-23-19-8-3-2-7-18(19)21(24)22-20(16)23/h2-3,7-12,14H,4-6,13H2,1H3/b16-14+. The minimum absolute atomic E-state index is 0.149. The maximum Gasteiger partial charge on any atom is 0.281 e. The summed E-state index contributed by atoms with van der Waals surface area (Å²) in [4.78, 5) is 16.9. The van der Waals surface area contributed by atoms with Crippen molar-refractivity contribution in [1.29, 1.82) is 0 Å². The molecule has 4 heteroatoms. The van der Waals surface area contributed by atoms with Gasteiger partial charge in [0.25, 0.3) is 5.56 Å². The zero-order chi connectivity index (χ0) is 17.2. The molecule has 0 spiro atoms. The van der Waals surface area contributed by atoms with Crippen molar-refractivity contribution in [2.75, 3.05) is 7.11 Å². The molecule has 1 aliphatic heterocycles. The summed E-state index contributed by atoms with van der Waals surface area (Å²) < 4.78 is 7.41. The van der Waals surface area contributed by atoms with Crippen LogP contribution in [-0.2, 0) is 6.54 Å². The van der Waals surface area contributed by atoms with Crippen molar-refractivity contribution < 1.29 is 4.74 Å². The molecule has 0 amide bonds. The van der Waals surface area contributed by atoms with E-state index < -0.39 is 0 Å². The van der Waals surface area contributed by atoms with Gasteiger partial charge in [0.15, 0.2) is 0 Å². The Morgan fingerprint density at radius 2 is 1.88 bits per heavy atom. The highest BCUT2D eigenvalue weighted by molar-refractivity contribution is 5.84. The predicted octanol–water partition coefficient (Wildman–Crippen LogP) is 4.13. The molecule has 4 rings (SSSR count). The predicted molar refractivity (Wildman–Crippen MR) is 101 cm³/mol. The molecule has 3 aromatic rings. The van der Waals surface area contributed by atoms with Crippen LogP contribution in [-0.4, -0.2) is 16.7 Å². The highest BCUT2D eigenvalue weighted by atomic mass is 16.5. The molecule has 1 aliphatic rings. The van der Waals surface area contributed by atoms with Crippen LogP contribution in [0, 0.1) is 0 Å². The van der Waals surface area contributed by atoms with Crippen molar-refractivity contribution >= 4 is 22.6 Å². The molecule has 1 aromatic heterocycles. The molecular weight excluding hydrogens is 312 g/mol. The molecule has 2 heterocycles. The molecule has 126 valence electrons. The summed E-state index contributed by atoms with van der Waals surface area (Å²) in [5, 5.41) is 0.692. The molecule has 0 fully saturated rings. The number of aryl methyl sites for hydroxylation is 1. The van der Waals surface area contributed by atoms with E-state index in [9.17, 15) is 4.79 Å². The van der Waals surface area contributed by atoms with Gasteiger partial charge in [0.2, 0.25) is 0 Å². The zero-order valence-corrected chi connectivity index (χ0v) is 14.2. The molecule has 0 saturated carbocycles. The molecule has 0 saturated heterocycles. The van der Waals surface area contributed by atoms with Gasteiger partial charge in [-0.05, 0) is 60.7 Å². The lowest BCUT2D eigenvalue weighted by molar-refractivity contribution is 0.415. The first-order valence-corrected chi connectivity index (χ1v) is 8.61. The van der Waals surface area contributed by atoms with Crippen molar-refractivity contribution in [2.45, 2.75) is 25.8 Å². The Bertz CT molecular complexity index is 1000.